The molecule has 0 aromatic heterocycles. The molecule has 1 aromatic carbocycles. The summed E-state index contributed by atoms with van der Waals surface area (Å²) >= 11 is 0. The van der Waals surface area contributed by atoms with Crippen molar-refractivity contribution in [2.24, 2.45) is 5.92 Å². The van der Waals surface area contributed by atoms with Crippen LogP contribution < -0.4 is 5.32 Å². The number of benzene rings is 1. The average molecular weight is 249 g/mol. The minimum absolute atomic E-state index is 0.140. The zero-order chi connectivity index (χ0) is 13.0. The van der Waals surface area contributed by atoms with Gasteiger partial charge in [0, 0.05) is 30.9 Å². The van der Waals surface area contributed by atoms with Crippen molar-refractivity contribution in [3.8, 4) is 0 Å². The molecule has 1 aliphatic rings. The Morgan fingerprint density at radius 2 is 2.39 bits per heavy atom. The summed E-state index contributed by atoms with van der Waals surface area (Å²) < 4.78 is 0. The summed E-state index contributed by atoms with van der Waals surface area (Å²) in [6.45, 7) is 6.46. The Morgan fingerprint density at radius 1 is 1.56 bits per heavy atom. The van der Waals surface area contributed by atoms with Crippen LogP contribution in [0.4, 0.5) is 11.4 Å². The number of nitrogens with zero attached hydrogens (tertiary/aromatic N) is 2. The van der Waals surface area contributed by atoms with Crippen molar-refractivity contribution in [1.29, 1.82) is 0 Å². The van der Waals surface area contributed by atoms with E-state index in [-0.39, 0.29) is 10.6 Å². The maximum Gasteiger partial charge on any atom is 0.271 e. The lowest BCUT2D eigenvalue weighted by atomic mass is 10.1. The van der Waals surface area contributed by atoms with Crippen molar-refractivity contribution in [1.82, 2.24) is 4.90 Å². The summed E-state index contributed by atoms with van der Waals surface area (Å²) in [5, 5.41) is 14.0. The van der Waals surface area contributed by atoms with E-state index in [4.69, 9.17) is 0 Å². The molecule has 0 spiro atoms. The van der Waals surface area contributed by atoms with E-state index in [1.165, 1.54) is 12.5 Å². The van der Waals surface area contributed by atoms with Crippen LogP contribution in [0, 0.1) is 16.0 Å². The molecule has 0 bridgehead atoms. The van der Waals surface area contributed by atoms with E-state index in [9.17, 15) is 10.1 Å². The number of nitrogens with one attached hydrogen (secondary N) is 1. The van der Waals surface area contributed by atoms with Gasteiger partial charge in [-0.2, -0.15) is 0 Å². The highest BCUT2D eigenvalue weighted by atomic mass is 16.6. The molecule has 1 heterocycles. The molecule has 1 aromatic rings. The number of non-ortho nitro benzene ring substituents is 1. The standard InChI is InChI=1S/C13H19N3O2/c1-2-15-7-6-11(10-15)9-14-12-4-3-5-13(8-12)16(17)18/h3-5,8,11,14H,2,6-7,9-10H2,1H3. The summed E-state index contributed by atoms with van der Waals surface area (Å²) in [7, 11) is 0. The molecule has 1 fully saturated rings. The van der Waals surface area contributed by atoms with Crippen LogP contribution in [0.15, 0.2) is 24.3 Å². The van der Waals surface area contributed by atoms with Crippen LogP contribution in [0.3, 0.4) is 0 Å². The fraction of sp³-hybridized carbons (Fsp3) is 0.538. The van der Waals surface area contributed by atoms with Crippen molar-refractivity contribution >= 4 is 11.4 Å². The lowest BCUT2D eigenvalue weighted by molar-refractivity contribution is -0.384. The first-order chi connectivity index (χ1) is 8.69. The number of hydrogen-bond acceptors (Lipinski definition) is 4. The molecule has 0 aliphatic carbocycles. The highest BCUT2D eigenvalue weighted by Gasteiger charge is 2.20. The van der Waals surface area contributed by atoms with E-state index in [0.717, 1.165) is 31.9 Å². The molecular weight excluding hydrogens is 230 g/mol. The molecule has 0 amide bonds. The van der Waals surface area contributed by atoms with Gasteiger partial charge in [0.1, 0.15) is 0 Å². The average Bonchev–Trinajstić information content (AvgIpc) is 2.84. The third-order valence-corrected chi connectivity index (χ3v) is 3.47. The summed E-state index contributed by atoms with van der Waals surface area (Å²) in [4.78, 5) is 12.7. The van der Waals surface area contributed by atoms with Gasteiger partial charge in [0.05, 0.1) is 4.92 Å². The quantitative estimate of drug-likeness (QED) is 0.643. The molecule has 1 unspecified atom stereocenters. The highest BCUT2D eigenvalue weighted by molar-refractivity contribution is 5.50. The van der Waals surface area contributed by atoms with Crippen molar-refractivity contribution < 1.29 is 4.92 Å². The molecule has 1 saturated heterocycles. The second-order valence-electron chi connectivity index (χ2n) is 4.74. The SMILES string of the molecule is CCN1CCC(CNc2cccc([N+](=O)[O-])c2)C1. The van der Waals surface area contributed by atoms with E-state index in [1.54, 1.807) is 12.1 Å². The van der Waals surface area contributed by atoms with Gasteiger partial charge >= 0.3 is 0 Å². The number of rotatable bonds is 5. The van der Waals surface area contributed by atoms with Gasteiger partial charge in [-0.3, -0.25) is 10.1 Å². The molecule has 0 radical (unpaired) electrons. The number of likely N-dealkylation sites (tertiary alicyclic amines) is 1. The van der Waals surface area contributed by atoms with Gasteiger partial charge in [-0.05, 0) is 31.5 Å². The Morgan fingerprint density at radius 3 is 3.06 bits per heavy atom. The van der Waals surface area contributed by atoms with Crippen LogP contribution in [-0.2, 0) is 0 Å². The van der Waals surface area contributed by atoms with Crippen LogP contribution in [-0.4, -0.2) is 36.0 Å². The third kappa shape index (κ3) is 3.20. The molecule has 0 saturated carbocycles. The topological polar surface area (TPSA) is 58.4 Å². The Labute approximate surface area is 107 Å². The Hall–Kier alpha value is -1.62. The van der Waals surface area contributed by atoms with Crippen LogP contribution >= 0.6 is 0 Å². The maximum absolute atomic E-state index is 10.7. The van der Waals surface area contributed by atoms with Crippen LogP contribution in [0.5, 0.6) is 0 Å². The van der Waals surface area contributed by atoms with Gasteiger partial charge in [0.15, 0.2) is 0 Å². The van der Waals surface area contributed by atoms with E-state index in [2.05, 4.69) is 17.1 Å². The number of nitro benzene ring substituents is 1. The molecule has 1 atom stereocenters. The van der Waals surface area contributed by atoms with Gasteiger partial charge in [-0.1, -0.05) is 13.0 Å². The summed E-state index contributed by atoms with van der Waals surface area (Å²) in [5.41, 5.74) is 0.973. The second-order valence-corrected chi connectivity index (χ2v) is 4.74. The molecule has 1 aliphatic heterocycles. The molecule has 1 N–H and O–H groups in total. The summed E-state index contributed by atoms with van der Waals surface area (Å²) in [6, 6.07) is 6.69. The normalized spacial score (nSPS) is 19.9. The van der Waals surface area contributed by atoms with E-state index < -0.39 is 0 Å². The Kier molecular flexibility index (Phi) is 4.15. The third-order valence-electron chi connectivity index (χ3n) is 3.47. The minimum Gasteiger partial charge on any atom is -0.385 e. The highest BCUT2D eigenvalue weighted by Crippen LogP contribution is 2.20. The van der Waals surface area contributed by atoms with E-state index >= 15 is 0 Å². The molecule has 5 heteroatoms. The number of nitro groups is 1. The van der Waals surface area contributed by atoms with Gasteiger partial charge in [-0.25, -0.2) is 0 Å². The van der Waals surface area contributed by atoms with Crippen LogP contribution in [0.2, 0.25) is 0 Å². The van der Waals surface area contributed by atoms with Crippen molar-refractivity contribution in [3.05, 3.63) is 34.4 Å². The van der Waals surface area contributed by atoms with Crippen LogP contribution in [0.25, 0.3) is 0 Å². The van der Waals surface area contributed by atoms with E-state index in [1.807, 2.05) is 6.07 Å². The molecule has 5 nitrogen and oxygen atoms in total. The van der Waals surface area contributed by atoms with Gasteiger partial charge in [0.2, 0.25) is 0 Å². The lowest BCUT2D eigenvalue weighted by Crippen LogP contribution is -2.22. The molecule has 18 heavy (non-hydrogen) atoms. The smallest absolute Gasteiger partial charge is 0.271 e. The molecular formula is C13H19N3O2. The van der Waals surface area contributed by atoms with Crippen molar-refractivity contribution in [2.45, 2.75) is 13.3 Å². The predicted molar refractivity (Wildman–Crippen MR) is 71.8 cm³/mol. The number of anilines is 1. The molecule has 2 rings (SSSR count). The van der Waals surface area contributed by atoms with E-state index in [0.29, 0.717) is 5.92 Å². The Bertz CT molecular complexity index is 422. The summed E-state index contributed by atoms with van der Waals surface area (Å²) in [6.07, 6.45) is 1.20. The second kappa shape index (κ2) is 5.82. The fourth-order valence-electron chi connectivity index (χ4n) is 2.36. The minimum atomic E-state index is -0.362. The monoisotopic (exact) mass is 249 g/mol. The lowest BCUT2D eigenvalue weighted by Gasteiger charge is -2.14. The largest absolute Gasteiger partial charge is 0.385 e. The first-order valence-corrected chi connectivity index (χ1v) is 6.39. The summed E-state index contributed by atoms with van der Waals surface area (Å²) in [5.74, 6) is 0.643. The van der Waals surface area contributed by atoms with Crippen LogP contribution in [0.1, 0.15) is 13.3 Å². The van der Waals surface area contributed by atoms with Crippen molar-refractivity contribution in [2.75, 3.05) is 31.5 Å². The first kappa shape index (κ1) is 12.8. The zero-order valence-electron chi connectivity index (χ0n) is 10.6. The number of hydrogen-bond donors (Lipinski definition) is 1. The van der Waals surface area contributed by atoms with Gasteiger partial charge in [-0.15, -0.1) is 0 Å². The van der Waals surface area contributed by atoms with Gasteiger partial charge < -0.3 is 10.2 Å². The van der Waals surface area contributed by atoms with Gasteiger partial charge in [0.25, 0.3) is 5.69 Å². The predicted octanol–water partition coefficient (Wildman–Crippen LogP) is 2.35. The first-order valence-electron chi connectivity index (χ1n) is 6.39. The molecule has 98 valence electrons. The Balaban J connectivity index is 1.87. The fourth-order valence-corrected chi connectivity index (χ4v) is 2.36. The zero-order valence-corrected chi connectivity index (χ0v) is 10.6. The maximum atomic E-state index is 10.7. The van der Waals surface area contributed by atoms with Crippen molar-refractivity contribution in [3.63, 3.8) is 0 Å².